The van der Waals surface area contributed by atoms with Gasteiger partial charge in [-0.3, -0.25) is 24.0 Å². The first-order valence-electron chi connectivity index (χ1n) is 16.9. The molecular weight excluding hydrogens is 1710 g/mol. The molecule has 64 heavy (non-hydrogen) atoms. The van der Waals surface area contributed by atoms with Crippen molar-refractivity contribution in [1.29, 1.82) is 0 Å². The average Bonchev–Trinajstić information content (AvgIpc) is 3.80. The van der Waals surface area contributed by atoms with Gasteiger partial charge in [-0.1, -0.05) is 148 Å². The van der Waals surface area contributed by atoms with E-state index in [1.165, 1.54) is 27.7 Å². The summed E-state index contributed by atoms with van der Waals surface area (Å²) in [5, 5.41) is 25.4. The first-order valence-corrected chi connectivity index (χ1v) is 30.4. The molecule has 0 amide bonds. The van der Waals surface area contributed by atoms with Crippen molar-refractivity contribution in [3.8, 4) is 0 Å². The SMILES string of the molecule is BrBr.CC(=O)CC(C)C(=O)O.CC(C(=O)O)C(Br)C(=O)CBr.CC(CC(=O)C(Br)Br)C(=O)O.CC1=C(Br)/C(=C\Br)OC1=O.CC1=C(Br)C(C(Br)Br)OC1=O.CC1=CC(=C(Br)Br)OC1=O. The summed E-state index contributed by atoms with van der Waals surface area (Å²) >= 11 is 39.8. The van der Waals surface area contributed by atoms with Crippen LogP contribution in [0.5, 0.6) is 0 Å². The van der Waals surface area contributed by atoms with Crippen molar-refractivity contribution in [2.24, 2.45) is 17.8 Å². The van der Waals surface area contributed by atoms with Gasteiger partial charge in [0.25, 0.3) is 0 Å². The Labute approximate surface area is 477 Å². The third-order valence-electron chi connectivity index (χ3n) is 7.04. The summed E-state index contributed by atoms with van der Waals surface area (Å²) in [7, 11) is 0. The van der Waals surface area contributed by atoms with Crippen LogP contribution in [0.15, 0.2) is 51.7 Å². The second kappa shape index (κ2) is 38.5. The van der Waals surface area contributed by atoms with E-state index >= 15 is 0 Å². The van der Waals surface area contributed by atoms with Crippen molar-refractivity contribution >= 4 is 257 Å². The number of aliphatic carboxylic acids is 3. The molecule has 28 heteroatoms. The topological polar surface area (TPSA) is 242 Å². The molecular formula is C36H39Br13O15. The Kier molecular flexibility index (Phi) is 42.9. The van der Waals surface area contributed by atoms with Gasteiger partial charge in [-0.2, -0.15) is 0 Å². The van der Waals surface area contributed by atoms with Crippen molar-refractivity contribution < 1.29 is 72.7 Å². The van der Waals surface area contributed by atoms with Crippen LogP contribution in [0.4, 0.5) is 0 Å². The summed E-state index contributed by atoms with van der Waals surface area (Å²) < 4.78 is 16.3. The molecule has 3 aliphatic heterocycles. The highest BCUT2D eigenvalue weighted by Gasteiger charge is 2.33. The first-order chi connectivity index (χ1) is 29.3. The van der Waals surface area contributed by atoms with Crippen LogP contribution in [-0.2, 0) is 57.4 Å². The zero-order valence-corrected chi connectivity index (χ0v) is 54.6. The monoisotopic (exact) mass is 1740 g/mol. The van der Waals surface area contributed by atoms with E-state index in [9.17, 15) is 43.2 Å². The Morgan fingerprint density at radius 2 is 1.20 bits per heavy atom. The number of carboxylic acid groups (broad SMARTS) is 3. The maximum Gasteiger partial charge on any atom is 0.340 e. The number of ether oxygens (including phenoxy) is 3. The zero-order valence-electron chi connectivity index (χ0n) is 34.0. The lowest BCUT2D eigenvalue weighted by Crippen LogP contribution is -2.28. The minimum absolute atomic E-state index is 0.0363. The number of alkyl halides is 6. The van der Waals surface area contributed by atoms with Crippen molar-refractivity contribution in [3.05, 3.63) is 51.7 Å². The predicted molar refractivity (Wildman–Crippen MR) is 289 cm³/mol. The van der Waals surface area contributed by atoms with Crippen LogP contribution in [0.3, 0.4) is 0 Å². The molecule has 0 spiro atoms. The zero-order chi connectivity index (χ0) is 51.5. The molecule has 364 valence electrons. The Morgan fingerprint density at radius 1 is 0.734 bits per heavy atom. The lowest BCUT2D eigenvalue weighted by molar-refractivity contribution is -0.143. The van der Waals surface area contributed by atoms with Gasteiger partial charge < -0.3 is 34.3 Å². The molecule has 0 aliphatic carbocycles. The van der Waals surface area contributed by atoms with Crippen molar-refractivity contribution in [1.82, 2.24) is 0 Å². The van der Waals surface area contributed by atoms with Gasteiger partial charge in [0, 0.05) is 61.7 Å². The fraction of sp³-hybridized carbons (Fsp3) is 0.472. The van der Waals surface area contributed by atoms with E-state index in [1.807, 2.05) is 0 Å². The number of Topliss-reactive ketones (excluding diaryl/α,β-unsaturated/α-hetero) is 3. The second-order valence-corrected chi connectivity index (χ2v) is 24.8. The highest BCUT2D eigenvalue weighted by Crippen LogP contribution is 2.34. The standard InChI is InChI=1S/C6H5Br3O2.2C6H8Br2O3.2C6H4Br2O2.C6H10O3.Br2/c1-2-3(7)4(5(8)9)11-6(2)10;1-3(6(10)11)5(8)4(9)2-7;1-3(6(10)11)2-4(9)5(7)8;1-3-5(8)4(2-7)10-6(3)9;1-3-2-4(5(7)8)10-6(3)9;1-4(6(8)9)3-5(2)7;1-2/h4-5H,1H3;2*3,5H,2H2,1H3,(H,10,11);2*2H,1H3;4H,3H2,1-2H3,(H,8,9);/b;;;4-2+;;;. The largest absolute Gasteiger partial charge is 0.481 e. The third kappa shape index (κ3) is 30.4. The maximum absolute atomic E-state index is 10.9. The van der Waals surface area contributed by atoms with E-state index < -0.39 is 44.2 Å². The number of halogens is 13. The Morgan fingerprint density at radius 3 is 1.41 bits per heavy atom. The molecule has 0 aromatic carbocycles. The Balaban J connectivity index is -0.000000335. The summed E-state index contributed by atoms with van der Waals surface area (Å²) in [6.45, 7) is 11.0. The highest BCUT2D eigenvalue weighted by molar-refractivity contribution is 9.93. The summed E-state index contributed by atoms with van der Waals surface area (Å²) in [4.78, 5) is 96.2. The molecule has 5 atom stereocenters. The number of cyclic esters (lactones) is 3. The number of carbonyl (C=O) groups excluding carboxylic acids is 6. The number of rotatable bonds is 12. The molecule has 0 radical (unpaired) electrons. The van der Waals surface area contributed by atoms with Crippen LogP contribution in [-0.4, -0.2) is 92.2 Å². The smallest absolute Gasteiger partial charge is 0.340 e. The van der Waals surface area contributed by atoms with E-state index in [1.54, 1.807) is 31.8 Å². The van der Waals surface area contributed by atoms with E-state index in [0.717, 1.165) is 8.96 Å². The summed E-state index contributed by atoms with van der Waals surface area (Å²) in [6.07, 6.45) is 1.62. The van der Waals surface area contributed by atoms with Crippen molar-refractivity contribution in [3.63, 3.8) is 0 Å². The molecule has 15 nitrogen and oxygen atoms in total. The highest BCUT2D eigenvalue weighted by atomic mass is 80.9. The van der Waals surface area contributed by atoms with Gasteiger partial charge in [-0.25, -0.2) is 14.4 Å². The van der Waals surface area contributed by atoms with Crippen molar-refractivity contribution in [2.45, 2.75) is 79.7 Å². The van der Waals surface area contributed by atoms with E-state index in [-0.39, 0.29) is 63.3 Å². The summed E-state index contributed by atoms with van der Waals surface area (Å²) in [6, 6.07) is 0. The fourth-order valence-electron chi connectivity index (χ4n) is 3.33. The first kappa shape index (κ1) is 71.3. The molecule has 0 bridgehead atoms. The molecule has 0 fully saturated rings. The molecule has 3 aliphatic rings. The number of carbonyl (C=O) groups is 9. The molecule has 3 rings (SSSR count). The van der Waals surface area contributed by atoms with Gasteiger partial charge in [0.1, 0.15) is 16.6 Å². The number of allylic oxidation sites excluding steroid dienone is 2. The van der Waals surface area contributed by atoms with E-state index in [0.29, 0.717) is 31.6 Å². The van der Waals surface area contributed by atoms with Crippen molar-refractivity contribution in [2.75, 3.05) is 5.33 Å². The van der Waals surface area contributed by atoms with Gasteiger partial charge in [0.05, 0.1) is 38.0 Å². The number of hydrogen-bond donors (Lipinski definition) is 3. The van der Waals surface area contributed by atoms with Crippen LogP contribution in [0.2, 0.25) is 0 Å². The summed E-state index contributed by atoms with van der Waals surface area (Å²) in [5.41, 5.74) is 1.86. The van der Waals surface area contributed by atoms with Crippen LogP contribution < -0.4 is 0 Å². The minimum Gasteiger partial charge on any atom is -0.481 e. The van der Waals surface area contributed by atoms with Gasteiger partial charge in [0.2, 0.25) is 0 Å². The molecule has 0 aromatic heterocycles. The number of hydrogen-bond acceptors (Lipinski definition) is 12. The van der Waals surface area contributed by atoms with Gasteiger partial charge in [-0.15, -0.1) is 0 Å². The van der Waals surface area contributed by atoms with Gasteiger partial charge >= 0.3 is 35.8 Å². The third-order valence-corrected chi connectivity index (χ3v) is 14.1. The molecule has 3 heterocycles. The second-order valence-electron chi connectivity index (χ2n) is 12.3. The van der Waals surface area contributed by atoms with Gasteiger partial charge in [0.15, 0.2) is 29.2 Å². The predicted octanol–water partition coefficient (Wildman–Crippen LogP) is 13.2. The number of esters is 3. The molecule has 3 N–H and O–H groups in total. The average molecular weight is 1750 g/mol. The molecule has 0 saturated carbocycles. The number of ketones is 3. The molecule has 0 aromatic rings. The quantitative estimate of drug-likeness (QED) is 0.0935. The van der Waals surface area contributed by atoms with E-state index in [2.05, 4.69) is 203 Å². The van der Waals surface area contributed by atoms with Crippen LogP contribution >= 0.6 is 203 Å². The summed E-state index contributed by atoms with van der Waals surface area (Å²) in [5.74, 6) is -4.82. The normalized spacial score (nSPS) is 17.2. The molecule has 5 unspecified atom stereocenters. The maximum atomic E-state index is 10.9. The lowest BCUT2D eigenvalue weighted by Gasteiger charge is -2.10. The fourth-order valence-corrected chi connectivity index (χ4v) is 8.22. The van der Waals surface area contributed by atoms with Crippen LogP contribution in [0.25, 0.3) is 0 Å². The van der Waals surface area contributed by atoms with Crippen LogP contribution in [0.1, 0.15) is 61.3 Å². The Hall–Kier alpha value is 0.770. The van der Waals surface area contributed by atoms with Crippen LogP contribution in [0, 0.1) is 17.8 Å². The minimum atomic E-state index is -0.971. The molecule has 0 saturated heterocycles. The lowest BCUT2D eigenvalue weighted by atomic mass is 10.1. The number of carboxylic acids is 3. The van der Waals surface area contributed by atoms with E-state index in [4.69, 9.17) is 29.5 Å². The van der Waals surface area contributed by atoms with Gasteiger partial charge in [-0.05, 0) is 81.6 Å². The Bertz CT molecular complexity index is 1830.